The van der Waals surface area contributed by atoms with Gasteiger partial charge in [0.1, 0.15) is 11.6 Å². The van der Waals surface area contributed by atoms with Crippen LogP contribution in [0.4, 0.5) is 4.79 Å². The number of nitrogens with one attached hydrogen (secondary N) is 1. The predicted octanol–water partition coefficient (Wildman–Crippen LogP) is 0.648. The number of nitrogens with zero attached hydrogens (tertiary/aromatic N) is 4. The summed E-state index contributed by atoms with van der Waals surface area (Å²) < 4.78 is 11.5. The van der Waals surface area contributed by atoms with Crippen molar-refractivity contribution in [1.29, 1.82) is 0 Å². The van der Waals surface area contributed by atoms with Gasteiger partial charge in [-0.2, -0.15) is 0 Å². The van der Waals surface area contributed by atoms with Crippen molar-refractivity contribution in [2.45, 2.75) is 63.4 Å². The van der Waals surface area contributed by atoms with Gasteiger partial charge in [0.05, 0.1) is 30.9 Å². The van der Waals surface area contributed by atoms with E-state index in [2.05, 4.69) is 10.3 Å². The average Bonchev–Trinajstić information content (AvgIpc) is 3.29. The van der Waals surface area contributed by atoms with Crippen molar-refractivity contribution in [3.05, 3.63) is 30.1 Å². The lowest BCUT2D eigenvalue weighted by Crippen LogP contribution is -2.55. The minimum absolute atomic E-state index is 0.0661. The van der Waals surface area contributed by atoms with Gasteiger partial charge in [0.15, 0.2) is 0 Å². The zero-order valence-electron chi connectivity index (χ0n) is 20.9. The molecule has 1 aromatic rings. The third kappa shape index (κ3) is 4.88. The van der Waals surface area contributed by atoms with Gasteiger partial charge >= 0.3 is 6.09 Å². The first-order chi connectivity index (χ1) is 17.1. The maximum Gasteiger partial charge on any atom is 0.411 e. The zero-order chi connectivity index (χ0) is 25.6. The molecule has 0 radical (unpaired) electrons. The molecule has 1 aliphatic carbocycles. The molecule has 4 aliphatic rings. The van der Waals surface area contributed by atoms with Crippen LogP contribution >= 0.6 is 0 Å². The number of carbonyl (C=O) groups excluding carboxylic acids is 4. The van der Waals surface area contributed by atoms with E-state index in [9.17, 15) is 19.2 Å². The predicted molar refractivity (Wildman–Crippen MR) is 127 cm³/mol. The number of pyridine rings is 1. The van der Waals surface area contributed by atoms with Gasteiger partial charge in [0.2, 0.25) is 11.8 Å². The number of piperidine rings is 1. The quantitative estimate of drug-likeness (QED) is 0.646. The van der Waals surface area contributed by atoms with E-state index in [1.165, 1.54) is 6.20 Å². The number of ether oxygens (including phenoxy) is 2. The summed E-state index contributed by atoms with van der Waals surface area (Å²) in [7, 11) is 0. The molecule has 4 amide bonds. The fourth-order valence-electron chi connectivity index (χ4n) is 5.50. The molecule has 0 spiro atoms. The van der Waals surface area contributed by atoms with Crippen molar-refractivity contribution in [1.82, 2.24) is 25.0 Å². The van der Waals surface area contributed by atoms with Crippen LogP contribution in [0.5, 0.6) is 0 Å². The van der Waals surface area contributed by atoms with E-state index >= 15 is 0 Å². The minimum atomic E-state index is -0.638. The highest BCUT2D eigenvalue weighted by molar-refractivity contribution is 5.96. The number of morpholine rings is 1. The molecule has 1 aromatic heterocycles. The third-order valence-electron chi connectivity index (χ3n) is 7.25. The van der Waals surface area contributed by atoms with Crippen LogP contribution in [0.15, 0.2) is 24.5 Å². The van der Waals surface area contributed by atoms with Gasteiger partial charge in [0, 0.05) is 38.1 Å². The van der Waals surface area contributed by atoms with E-state index < -0.39 is 17.7 Å². The van der Waals surface area contributed by atoms with Crippen LogP contribution in [0.1, 0.15) is 44.0 Å². The van der Waals surface area contributed by atoms with Crippen LogP contribution in [-0.2, 0) is 19.1 Å². The first-order valence-corrected chi connectivity index (χ1v) is 12.5. The second kappa shape index (κ2) is 9.34. The van der Waals surface area contributed by atoms with Gasteiger partial charge in [-0.15, -0.1) is 0 Å². The number of aromatic nitrogens is 1. The summed E-state index contributed by atoms with van der Waals surface area (Å²) >= 11 is 0. The second-order valence-corrected chi connectivity index (χ2v) is 10.9. The molecule has 36 heavy (non-hydrogen) atoms. The SMILES string of the molecule is CC(C)(C)OC(=O)N1[C@@H]2C[C@@H]2C[C@H]1C(=O)N1C[C@@H]2[C@@H](C1)OCCN2C(=O)CNC(=O)c1cccnc1. The molecule has 11 nitrogen and oxygen atoms in total. The van der Waals surface area contributed by atoms with E-state index in [0.717, 1.165) is 6.42 Å². The molecule has 1 saturated carbocycles. The molecule has 4 fully saturated rings. The van der Waals surface area contributed by atoms with Crippen molar-refractivity contribution >= 4 is 23.8 Å². The summed E-state index contributed by atoms with van der Waals surface area (Å²) in [5.41, 5.74) is -0.256. The van der Waals surface area contributed by atoms with E-state index in [0.29, 0.717) is 44.1 Å². The van der Waals surface area contributed by atoms with E-state index in [-0.39, 0.29) is 42.5 Å². The number of likely N-dealkylation sites (tertiary alicyclic amines) is 2. The van der Waals surface area contributed by atoms with Crippen molar-refractivity contribution in [2.75, 3.05) is 32.8 Å². The standard InChI is InChI=1S/C25H33N5O6/c1-25(2,3)36-24(34)30-17-9-16(17)10-18(30)23(33)28-13-19-20(14-28)35-8-7-29(19)21(31)12-27-22(32)15-5-4-6-26-11-15/h4-6,11,16-20H,7-10,12-14H2,1-3H3,(H,27,32)/t16-,17-,18+,19-,20-/m1/s1. The van der Waals surface area contributed by atoms with Crippen LogP contribution in [0.25, 0.3) is 0 Å². The first-order valence-electron chi connectivity index (χ1n) is 12.5. The molecular weight excluding hydrogens is 466 g/mol. The van der Waals surface area contributed by atoms with Gasteiger partial charge in [-0.1, -0.05) is 0 Å². The normalized spacial score (nSPS) is 28.9. The number of hydrogen-bond donors (Lipinski definition) is 1. The molecule has 3 aliphatic heterocycles. The summed E-state index contributed by atoms with van der Waals surface area (Å²) in [6.45, 7) is 6.75. The molecule has 194 valence electrons. The number of rotatable bonds is 4. The molecule has 4 heterocycles. The zero-order valence-corrected chi connectivity index (χ0v) is 20.9. The van der Waals surface area contributed by atoms with Gasteiger partial charge in [-0.05, 0) is 51.7 Å². The highest BCUT2D eigenvalue weighted by Crippen LogP contribution is 2.49. The Labute approximate surface area is 210 Å². The minimum Gasteiger partial charge on any atom is -0.444 e. The number of fused-ring (bicyclic) bond motifs is 2. The first kappa shape index (κ1) is 24.5. The Bertz CT molecular complexity index is 1040. The number of hydrogen-bond acceptors (Lipinski definition) is 7. The van der Waals surface area contributed by atoms with Crippen molar-refractivity contribution in [3.63, 3.8) is 0 Å². The van der Waals surface area contributed by atoms with E-state index in [1.807, 2.05) is 20.8 Å². The van der Waals surface area contributed by atoms with Crippen molar-refractivity contribution in [3.8, 4) is 0 Å². The Morgan fingerprint density at radius 3 is 2.69 bits per heavy atom. The molecule has 0 bridgehead atoms. The van der Waals surface area contributed by atoms with E-state index in [1.54, 1.807) is 33.0 Å². The Balaban J connectivity index is 1.21. The van der Waals surface area contributed by atoms with E-state index in [4.69, 9.17) is 9.47 Å². The molecule has 0 unspecified atom stereocenters. The van der Waals surface area contributed by atoms with Crippen LogP contribution < -0.4 is 5.32 Å². The van der Waals surface area contributed by atoms with Gasteiger partial charge < -0.3 is 24.6 Å². The van der Waals surface area contributed by atoms with Crippen LogP contribution in [0, 0.1) is 5.92 Å². The van der Waals surface area contributed by atoms with Crippen molar-refractivity contribution in [2.24, 2.45) is 5.92 Å². The Morgan fingerprint density at radius 1 is 1.17 bits per heavy atom. The summed E-state index contributed by atoms with van der Waals surface area (Å²) in [5, 5.41) is 2.65. The van der Waals surface area contributed by atoms with Crippen LogP contribution in [0.2, 0.25) is 0 Å². The van der Waals surface area contributed by atoms with Gasteiger partial charge in [-0.3, -0.25) is 24.3 Å². The highest BCUT2D eigenvalue weighted by Gasteiger charge is 2.58. The summed E-state index contributed by atoms with van der Waals surface area (Å²) in [4.78, 5) is 60.7. The van der Waals surface area contributed by atoms with Crippen LogP contribution in [0.3, 0.4) is 0 Å². The monoisotopic (exact) mass is 499 g/mol. The second-order valence-electron chi connectivity index (χ2n) is 10.9. The maximum atomic E-state index is 13.5. The fourth-order valence-corrected chi connectivity index (χ4v) is 5.50. The molecular formula is C25H33N5O6. The summed E-state index contributed by atoms with van der Waals surface area (Å²) in [5.74, 6) is -0.374. The van der Waals surface area contributed by atoms with Crippen molar-refractivity contribution < 1.29 is 28.7 Å². The summed E-state index contributed by atoms with van der Waals surface area (Å²) in [6, 6.07) is 2.51. The lowest BCUT2D eigenvalue weighted by molar-refractivity contribution is -0.141. The Kier molecular flexibility index (Phi) is 6.36. The lowest BCUT2D eigenvalue weighted by atomic mass is 10.1. The topological polar surface area (TPSA) is 121 Å². The average molecular weight is 500 g/mol. The Hall–Kier alpha value is -3.21. The maximum absolute atomic E-state index is 13.5. The lowest BCUT2D eigenvalue weighted by Gasteiger charge is -2.36. The number of carbonyl (C=O) groups is 4. The third-order valence-corrected chi connectivity index (χ3v) is 7.25. The molecule has 3 saturated heterocycles. The number of amides is 4. The molecule has 5 rings (SSSR count). The summed E-state index contributed by atoms with van der Waals surface area (Å²) in [6.07, 6.45) is 3.82. The van der Waals surface area contributed by atoms with Gasteiger partial charge in [-0.25, -0.2) is 4.79 Å². The molecule has 0 aromatic carbocycles. The van der Waals surface area contributed by atoms with Crippen LogP contribution in [-0.4, -0.2) is 106 Å². The highest BCUT2D eigenvalue weighted by atomic mass is 16.6. The molecule has 5 atom stereocenters. The Morgan fingerprint density at radius 2 is 1.97 bits per heavy atom. The fraction of sp³-hybridized carbons (Fsp3) is 0.640. The molecule has 1 N–H and O–H groups in total. The molecule has 11 heteroatoms. The van der Waals surface area contributed by atoms with Gasteiger partial charge in [0.25, 0.3) is 5.91 Å². The smallest absolute Gasteiger partial charge is 0.411 e. The largest absolute Gasteiger partial charge is 0.444 e.